The molecule has 3 aromatic carbocycles. The molecule has 0 bridgehead atoms. The van der Waals surface area contributed by atoms with Gasteiger partial charge in [0.2, 0.25) is 0 Å². The first kappa shape index (κ1) is 21.6. The van der Waals surface area contributed by atoms with E-state index in [1.807, 2.05) is 0 Å². The van der Waals surface area contributed by atoms with Gasteiger partial charge in [0, 0.05) is 65.8 Å². The number of non-ortho nitro benzene ring substituents is 1. The van der Waals surface area contributed by atoms with Crippen molar-refractivity contribution in [3.05, 3.63) is 82.4 Å². The zero-order chi connectivity index (χ0) is 20.2. The van der Waals surface area contributed by atoms with Gasteiger partial charge in [-0.25, -0.2) is 0 Å². The average molecular weight is 425 g/mol. The molecule has 4 aromatic rings. The number of aryl methyl sites for hydroxylation is 1. The summed E-state index contributed by atoms with van der Waals surface area (Å²) in [5.74, 6) is 0. The van der Waals surface area contributed by atoms with Crippen LogP contribution in [0.4, 0.5) is 11.4 Å². The first-order chi connectivity index (χ1) is 14.2. The number of para-hydroxylation sites is 1. The second-order valence-corrected chi connectivity index (χ2v) is 7.02. The molecule has 0 unspecified atom stereocenters. The van der Waals surface area contributed by atoms with Crippen molar-refractivity contribution < 1.29 is 4.92 Å². The van der Waals surface area contributed by atoms with E-state index in [4.69, 9.17) is 0 Å². The number of nitro benzene ring substituents is 1. The molecule has 4 rings (SSSR count). The quantitative estimate of drug-likeness (QED) is 0.227. The molecule has 0 atom stereocenters. The van der Waals surface area contributed by atoms with Crippen molar-refractivity contribution in [2.24, 2.45) is 0 Å². The minimum atomic E-state index is -0.389. The van der Waals surface area contributed by atoms with Crippen LogP contribution in [0.2, 0.25) is 0 Å². The molecule has 0 radical (unpaired) electrons. The molecule has 156 valence electrons. The number of anilines is 1. The van der Waals surface area contributed by atoms with Crippen LogP contribution in [0, 0.1) is 10.1 Å². The summed E-state index contributed by atoms with van der Waals surface area (Å²) < 4.78 is 2.36. The summed E-state index contributed by atoms with van der Waals surface area (Å²) in [5, 5.41) is 20.0. The predicted molar refractivity (Wildman–Crippen MR) is 126 cm³/mol. The second-order valence-electron chi connectivity index (χ2n) is 7.02. The normalized spacial score (nSPS) is 10.8. The summed E-state index contributed by atoms with van der Waals surface area (Å²) in [6, 6.07) is 21.7. The van der Waals surface area contributed by atoms with E-state index in [-0.39, 0.29) is 23.0 Å². The van der Waals surface area contributed by atoms with Crippen LogP contribution >= 0.6 is 12.4 Å². The van der Waals surface area contributed by atoms with Crippen LogP contribution < -0.4 is 10.6 Å². The fourth-order valence-corrected chi connectivity index (χ4v) is 3.78. The number of hydrogen-bond donors (Lipinski definition) is 2. The number of rotatable bonds is 8. The fraction of sp³-hybridized carbons (Fsp3) is 0.217. The lowest BCUT2D eigenvalue weighted by Gasteiger charge is -2.08. The number of nitro groups is 1. The maximum Gasteiger partial charge on any atom is 0.269 e. The highest BCUT2D eigenvalue weighted by Gasteiger charge is 2.09. The molecule has 0 saturated carbocycles. The van der Waals surface area contributed by atoms with Crippen molar-refractivity contribution in [1.82, 2.24) is 9.88 Å². The van der Waals surface area contributed by atoms with E-state index in [0.29, 0.717) is 0 Å². The molecule has 0 aliphatic heterocycles. The van der Waals surface area contributed by atoms with E-state index < -0.39 is 0 Å². The van der Waals surface area contributed by atoms with Gasteiger partial charge in [-0.1, -0.05) is 24.3 Å². The minimum Gasteiger partial charge on any atom is -0.384 e. The molecule has 7 heteroatoms. The molecule has 0 aliphatic rings. The fourth-order valence-electron chi connectivity index (χ4n) is 3.78. The average Bonchev–Trinajstić information content (AvgIpc) is 3.07. The number of halogens is 1. The molecule has 6 nitrogen and oxygen atoms in total. The number of fused-ring (bicyclic) bond motifs is 3. The van der Waals surface area contributed by atoms with Crippen molar-refractivity contribution in [2.75, 3.05) is 18.4 Å². The molecular weight excluding hydrogens is 400 g/mol. The van der Waals surface area contributed by atoms with E-state index in [1.54, 1.807) is 12.1 Å². The van der Waals surface area contributed by atoms with Gasteiger partial charge >= 0.3 is 0 Å². The molecule has 0 spiro atoms. The first-order valence-corrected chi connectivity index (χ1v) is 9.86. The Labute approximate surface area is 181 Å². The van der Waals surface area contributed by atoms with Crippen molar-refractivity contribution in [3.63, 3.8) is 0 Å². The van der Waals surface area contributed by atoms with E-state index in [9.17, 15) is 10.1 Å². The number of hydrogen-bond acceptors (Lipinski definition) is 4. The monoisotopic (exact) mass is 424 g/mol. The van der Waals surface area contributed by atoms with Crippen LogP contribution in [-0.4, -0.2) is 22.6 Å². The Morgan fingerprint density at radius 1 is 0.933 bits per heavy atom. The molecular formula is C23H25ClN4O2. The molecule has 1 aromatic heterocycles. The number of nitrogens with one attached hydrogen (secondary N) is 2. The Kier molecular flexibility index (Phi) is 6.92. The van der Waals surface area contributed by atoms with Crippen molar-refractivity contribution in [2.45, 2.75) is 20.0 Å². The van der Waals surface area contributed by atoms with Crippen LogP contribution in [0.1, 0.15) is 12.5 Å². The summed E-state index contributed by atoms with van der Waals surface area (Å²) in [6.07, 6.45) is 0. The second kappa shape index (κ2) is 9.61. The van der Waals surface area contributed by atoms with Gasteiger partial charge in [0.15, 0.2) is 0 Å². The molecule has 2 N–H and O–H groups in total. The van der Waals surface area contributed by atoms with E-state index in [2.05, 4.69) is 64.6 Å². The molecule has 0 amide bonds. The largest absolute Gasteiger partial charge is 0.384 e. The number of benzene rings is 3. The van der Waals surface area contributed by atoms with Crippen molar-refractivity contribution in [1.29, 1.82) is 0 Å². The van der Waals surface area contributed by atoms with Crippen LogP contribution in [0.5, 0.6) is 0 Å². The van der Waals surface area contributed by atoms with Gasteiger partial charge in [-0.3, -0.25) is 10.1 Å². The lowest BCUT2D eigenvalue weighted by Crippen LogP contribution is -2.21. The maximum atomic E-state index is 10.7. The van der Waals surface area contributed by atoms with Gasteiger partial charge in [-0.05, 0) is 42.8 Å². The van der Waals surface area contributed by atoms with Gasteiger partial charge in [0.1, 0.15) is 0 Å². The molecule has 0 aliphatic carbocycles. The summed E-state index contributed by atoms with van der Waals surface area (Å²) in [7, 11) is 0. The van der Waals surface area contributed by atoms with E-state index in [0.717, 1.165) is 31.9 Å². The van der Waals surface area contributed by atoms with Gasteiger partial charge in [-0.15, -0.1) is 12.4 Å². The molecule has 1 heterocycles. The first-order valence-electron chi connectivity index (χ1n) is 9.86. The lowest BCUT2D eigenvalue weighted by molar-refractivity contribution is -0.384. The number of aromatic nitrogens is 1. The Hall–Kier alpha value is -3.09. The SMILES string of the molecule is CCn1c2ccccc2c2cc(CNCCNc3ccc([N+](=O)[O-])cc3)ccc21.Cl. The summed E-state index contributed by atoms with van der Waals surface area (Å²) >= 11 is 0. The standard InChI is InChI=1S/C23H24N4O2.ClH/c1-2-26-22-6-4-3-5-20(22)21-15-17(7-12-23(21)26)16-24-13-14-25-18-8-10-19(11-9-18)27(28)29;/h3-12,15,24-25H,2,13-14,16H2,1H3;1H. The highest BCUT2D eigenvalue weighted by Crippen LogP contribution is 2.29. The van der Waals surface area contributed by atoms with Gasteiger partial charge in [0.25, 0.3) is 5.69 Å². The third-order valence-corrected chi connectivity index (χ3v) is 5.19. The van der Waals surface area contributed by atoms with Gasteiger partial charge in [-0.2, -0.15) is 0 Å². The molecule has 0 saturated heterocycles. The van der Waals surface area contributed by atoms with Crippen molar-refractivity contribution in [3.8, 4) is 0 Å². The van der Waals surface area contributed by atoms with E-state index in [1.165, 1.54) is 39.5 Å². The Morgan fingerprint density at radius 2 is 1.67 bits per heavy atom. The topological polar surface area (TPSA) is 72.1 Å². The lowest BCUT2D eigenvalue weighted by atomic mass is 10.1. The van der Waals surface area contributed by atoms with Crippen LogP contribution in [0.3, 0.4) is 0 Å². The van der Waals surface area contributed by atoms with Crippen molar-refractivity contribution >= 4 is 45.6 Å². The Morgan fingerprint density at radius 3 is 2.40 bits per heavy atom. The zero-order valence-electron chi connectivity index (χ0n) is 16.8. The minimum absolute atomic E-state index is 0. The predicted octanol–water partition coefficient (Wildman–Crippen LogP) is 5.35. The third kappa shape index (κ3) is 4.40. The van der Waals surface area contributed by atoms with Gasteiger partial charge < -0.3 is 15.2 Å². The summed E-state index contributed by atoms with van der Waals surface area (Å²) in [6.45, 7) is 5.47. The van der Waals surface area contributed by atoms with Crippen LogP contribution in [0.25, 0.3) is 21.8 Å². The van der Waals surface area contributed by atoms with Crippen LogP contribution in [0.15, 0.2) is 66.7 Å². The highest BCUT2D eigenvalue weighted by atomic mass is 35.5. The Balaban J connectivity index is 0.00000256. The third-order valence-electron chi connectivity index (χ3n) is 5.19. The van der Waals surface area contributed by atoms with Gasteiger partial charge in [0.05, 0.1) is 4.92 Å². The van der Waals surface area contributed by atoms with Crippen LogP contribution in [-0.2, 0) is 13.1 Å². The molecule has 30 heavy (non-hydrogen) atoms. The zero-order valence-corrected chi connectivity index (χ0v) is 17.6. The maximum absolute atomic E-state index is 10.7. The number of nitrogens with zero attached hydrogens (tertiary/aromatic N) is 2. The smallest absolute Gasteiger partial charge is 0.269 e. The highest BCUT2D eigenvalue weighted by molar-refractivity contribution is 6.08. The van der Waals surface area contributed by atoms with E-state index >= 15 is 0 Å². The molecule has 0 fully saturated rings. The summed E-state index contributed by atoms with van der Waals surface area (Å²) in [5.41, 5.74) is 4.80. The Bertz CT molecular complexity index is 1160. The summed E-state index contributed by atoms with van der Waals surface area (Å²) in [4.78, 5) is 10.3.